The number of hydrogen-bond donors (Lipinski definition) is 2. The van der Waals surface area contributed by atoms with Crippen LogP contribution in [0.1, 0.15) is 47.4 Å². The molecule has 9 nitrogen and oxygen atoms in total. The van der Waals surface area contributed by atoms with Crippen molar-refractivity contribution in [1.82, 2.24) is 4.57 Å². The summed E-state index contributed by atoms with van der Waals surface area (Å²) in [7, 11) is 2.93. The number of nitrogens with zero attached hydrogens (tertiary/aromatic N) is 1. The zero-order valence-corrected chi connectivity index (χ0v) is 19.6. The highest BCUT2D eigenvalue weighted by molar-refractivity contribution is 6.09. The quantitative estimate of drug-likeness (QED) is 0.457. The Labute approximate surface area is 196 Å². The summed E-state index contributed by atoms with van der Waals surface area (Å²) in [5.41, 5.74) is 0.0982. The number of aromatic hydroxyl groups is 1. The number of hydrogen-bond acceptors (Lipinski definition) is 7. The summed E-state index contributed by atoms with van der Waals surface area (Å²) in [6.45, 7) is 4.45. The minimum atomic E-state index is -0.773. The van der Waals surface area contributed by atoms with E-state index in [9.17, 15) is 19.5 Å². The molecule has 2 N–H and O–H groups in total. The first-order chi connectivity index (χ1) is 16.4. The highest BCUT2D eigenvalue weighted by atomic mass is 16.5. The lowest BCUT2D eigenvalue weighted by molar-refractivity contribution is 0.0505. The van der Waals surface area contributed by atoms with Crippen LogP contribution in [0.4, 0.5) is 5.69 Å². The van der Waals surface area contributed by atoms with Gasteiger partial charge in [-0.15, -0.1) is 0 Å². The molecule has 3 aromatic rings. The van der Waals surface area contributed by atoms with Crippen molar-refractivity contribution in [2.75, 3.05) is 26.1 Å². The van der Waals surface area contributed by atoms with Crippen LogP contribution in [0.15, 0.2) is 41.2 Å². The highest BCUT2D eigenvalue weighted by Crippen LogP contribution is 2.36. The number of benzene rings is 2. The Balaban J connectivity index is 2.02. The zero-order chi connectivity index (χ0) is 24.8. The Morgan fingerprint density at radius 1 is 1.00 bits per heavy atom. The Morgan fingerprint density at radius 3 is 2.24 bits per heavy atom. The van der Waals surface area contributed by atoms with Gasteiger partial charge in [0.2, 0.25) is 0 Å². The molecule has 3 rings (SSSR count). The predicted molar refractivity (Wildman–Crippen MR) is 128 cm³/mol. The number of methoxy groups -OCH3 is 2. The van der Waals surface area contributed by atoms with Crippen molar-refractivity contribution in [3.8, 4) is 17.2 Å². The molecule has 0 atom stereocenters. The molecule has 0 radical (unpaired) electrons. The first-order valence-corrected chi connectivity index (χ1v) is 11.0. The summed E-state index contributed by atoms with van der Waals surface area (Å²) < 4.78 is 17.2. The molecule has 0 bridgehead atoms. The SMILES string of the molecule is CCCOC(=O)c1ccc(NC(=O)c2c(O)c3cc(OC)c(OC)cc3n(CCC)c2=O)cc1. The fraction of sp³-hybridized carbons (Fsp3) is 0.320. The van der Waals surface area contributed by atoms with Gasteiger partial charge in [0.05, 0.1) is 31.9 Å². The Morgan fingerprint density at radius 2 is 1.65 bits per heavy atom. The third kappa shape index (κ3) is 4.83. The number of esters is 1. The van der Waals surface area contributed by atoms with Crippen molar-refractivity contribution in [3.63, 3.8) is 0 Å². The standard InChI is InChI=1S/C25H28N2O7/c1-5-11-27-18-14-20(33-4)19(32-3)13-17(18)22(28)21(24(27)30)23(29)26-16-9-7-15(8-10-16)25(31)34-12-6-2/h7-10,13-14,28H,5-6,11-12H2,1-4H3,(H,26,29). The first-order valence-electron chi connectivity index (χ1n) is 11.0. The van der Waals surface area contributed by atoms with Gasteiger partial charge in [0.25, 0.3) is 11.5 Å². The number of rotatable bonds is 9. The molecule has 180 valence electrons. The molecule has 0 aliphatic carbocycles. The van der Waals surface area contributed by atoms with E-state index in [4.69, 9.17) is 14.2 Å². The lowest BCUT2D eigenvalue weighted by Gasteiger charge is -2.17. The van der Waals surface area contributed by atoms with E-state index in [0.29, 0.717) is 54.3 Å². The minimum Gasteiger partial charge on any atom is -0.506 e. The molecule has 9 heteroatoms. The van der Waals surface area contributed by atoms with E-state index < -0.39 is 23.2 Å². The Kier molecular flexibility index (Phi) is 7.78. The molecule has 0 aliphatic heterocycles. The van der Waals surface area contributed by atoms with Gasteiger partial charge in [0.1, 0.15) is 11.3 Å². The van der Waals surface area contributed by atoms with Crippen LogP contribution in [0.3, 0.4) is 0 Å². The molecule has 0 unspecified atom stereocenters. The predicted octanol–water partition coefficient (Wildman–Crippen LogP) is 3.95. The van der Waals surface area contributed by atoms with Crippen LogP contribution in [0.2, 0.25) is 0 Å². The lowest BCUT2D eigenvalue weighted by atomic mass is 10.1. The van der Waals surface area contributed by atoms with E-state index in [1.807, 2.05) is 13.8 Å². The molecule has 0 saturated heterocycles. The highest BCUT2D eigenvalue weighted by Gasteiger charge is 2.24. The fourth-order valence-corrected chi connectivity index (χ4v) is 3.57. The van der Waals surface area contributed by atoms with Gasteiger partial charge in [-0.3, -0.25) is 9.59 Å². The number of pyridine rings is 1. The average Bonchev–Trinajstić information content (AvgIpc) is 2.84. The van der Waals surface area contributed by atoms with Gasteiger partial charge in [0.15, 0.2) is 11.5 Å². The second kappa shape index (κ2) is 10.7. The molecule has 1 amide bonds. The van der Waals surface area contributed by atoms with Gasteiger partial charge < -0.3 is 29.2 Å². The van der Waals surface area contributed by atoms with Crippen molar-refractivity contribution >= 4 is 28.5 Å². The van der Waals surface area contributed by atoms with Crippen molar-refractivity contribution in [2.24, 2.45) is 0 Å². The fourth-order valence-electron chi connectivity index (χ4n) is 3.57. The van der Waals surface area contributed by atoms with Crippen LogP contribution < -0.4 is 20.3 Å². The van der Waals surface area contributed by atoms with Crippen molar-refractivity contribution in [2.45, 2.75) is 33.2 Å². The third-order valence-electron chi connectivity index (χ3n) is 5.23. The maximum absolute atomic E-state index is 13.2. The number of amides is 1. The summed E-state index contributed by atoms with van der Waals surface area (Å²) in [5, 5.41) is 13.8. The van der Waals surface area contributed by atoms with Gasteiger partial charge in [-0.05, 0) is 43.2 Å². The number of nitrogens with one attached hydrogen (secondary N) is 1. The van der Waals surface area contributed by atoms with Gasteiger partial charge in [0, 0.05) is 23.7 Å². The minimum absolute atomic E-state index is 0.282. The summed E-state index contributed by atoms with van der Waals surface area (Å²) >= 11 is 0. The zero-order valence-electron chi connectivity index (χ0n) is 19.6. The summed E-state index contributed by atoms with van der Waals surface area (Å²) in [6.07, 6.45) is 1.34. The molecule has 0 spiro atoms. The second-order valence-electron chi connectivity index (χ2n) is 7.57. The number of fused-ring (bicyclic) bond motifs is 1. The van der Waals surface area contributed by atoms with E-state index >= 15 is 0 Å². The van der Waals surface area contributed by atoms with Crippen molar-refractivity contribution < 1.29 is 28.9 Å². The lowest BCUT2D eigenvalue weighted by Crippen LogP contribution is -2.30. The topological polar surface area (TPSA) is 116 Å². The third-order valence-corrected chi connectivity index (χ3v) is 5.23. The molecular formula is C25H28N2O7. The first kappa shape index (κ1) is 24.6. The number of carbonyl (C=O) groups is 2. The maximum atomic E-state index is 13.2. The summed E-state index contributed by atoms with van der Waals surface area (Å²) in [4.78, 5) is 38.3. The van der Waals surface area contributed by atoms with E-state index in [0.717, 1.165) is 0 Å². The molecule has 0 saturated carbocycles. The van der Waals surface area contributed by atoms with E-state index in [-0.39, 0.29) is 10.9 Å². The molecule has 0 fully saturated rings. The smallest absolute Gasteiger partial charge is 0.338 e. The number of ether oxygens (including phenoxy) is 3. The van der Waals surface area contributed by atoms with Gasteiger partial charge in [-0.2, -0.15) is 0 Å². The number of aryl methyl sites for hydroxylation is 1. The molecule has 2 aromatic carbocycles. The van der Waals surface area contributed by atoms with E-state index in [1.165, 1.54) is 49.1 Å². The largest absolute Gasteiger partial charge is 0.506 e. The maximum Gasteiger partial charge on any atom is 0.338 e. The molecule has 0 aliphatic rings. The van der Waals surface area contributed by atoms with Gasteiger partial charge >= 0.3 is 5.97 Å². The molecule has 1 aromatic heterocycles. The van der Waals surface area contributed by atoms with Crippen LogP contribution >= 0.6 is 0 Å². The monoisotopic (exact) mass is 468 g/mol. The Bertz CT molecular complexity index is 1260. The molecular weight excluding hydrogens is 440 g/mol. The summed E-state index contributed by atoms with van der Waals surface area (Å²) in [6, 6.07) is 9.21. The average molecular weight is 469 g/mol. The normalized spacial score (nSPS) is 10.7. The van der Waals surface area contributed by atoms with Crippen LogP contribution in [0.25, 0.3) is 10.9 Å². The van der Waals surface area contributed by atoms with Gasteiger partial charge in [-0.1, -0.05) is 13.8 Å². The number of anilines is 1. The van der Waals surface area contributed by atoms with Gasteiger partial charge in [-0.25, -0.2) is 4.79 Å². The number of carbonyl (C=O) groups excluding carboxylic acids is 2. The van der Waals surface area contributed by atoms with E-state index in [2.05, 4.69) is 5.32 Å². The van der Waals surface area contributed by atoms with Crippen LogP contribution in [0.5, 0.6) is 17.2 Å². The van der Waals surface area contributed by atoms with Crippen LogP contribution in [-0.4, -0.2) is 42.4 Å². The van der Waals surface area contributed by atoms with Crippen LogP contribution in [0, 0.1) is 0 Å². The second-order valence-corrected chi connectivity index (χ2v) is 7.57. The Hall–Kier alpha value is -4.01. The summed E-state index contributed by atoms with van der Waals surface area (Å²) in [5.74, 6) is -0.938. The molecule has 1 heterocycles. The van der Waals surface area contributed by atoms with Crippen LogP contribution in [-0.2, 0) is 11.3 Å². The number of aromatic nitrogens is 1. The van der Waals surface area contributed by atoms with Crippen molar-refractivity contribution in [3.05, 3.63) is 57.9 Å². The van der Waals surface area contributed by atoms with Crippen molar-refractivity contribution in [1.29, 1.82) is 0 Å². The molecule has 34 heavy (non-hydrogen) atoms. The van der Waals surface area contributed by atoms with E-state index in [1.54, 1.807) is 6.07 Å².